The fraction of sp³-hybridized carbons (Fsp3) is 0.250. The van der Waals surface area contributed by atoms with E-state index in [4.69, 9.17) is 10.3 Å². The van der Waals surface area contributed by atoms with Crippen LogP contribution >= 0.6 is 0 Å². The maximum atomic E-state index is 10.4. The molecule has 14 heavy (non-hydrogen) atoms. The topological polar surface area (TPSA) is 89.6 Å². The van der Waals surface area contributed by atoms with Crippen LogP contribution in [0.25, 0.3) is 0 Å². The Hall–Kier alpha value is -1.27. The van der Waals surface area contributed by atoms with E-state index in [-0.39, 0.29) is 11.4 Å². The first-order chi connectivity index (χ1) is 6.31. The van der Waals surface area contributed by atoms with Gasteiger partial charge in [-0.15, -0.1) is 0 Å². The number of benzene rings is 1. The molecule has 3 N–H and O–H groups in total. The Morgan fingerprint density at radius 2 is 1.93 bits per heavy atom. The SMILES string of the molecule is Cc1ccc(OS(=O)(=O)O)c(N)c1C. The van der Waals surface area contributed by atoms with E-state index in [9.17, 15) is 8.42 Å². The molecule has 0 amide bonds. The van der Waals surface area contributed by atoms with Gasteiger partial charge in [-0.05, 0) is 31.0 Å². The second-order valence-corrected chi connectivity index (χ2v) is 3.95. The van der Waals surface area contributed by atoms with Crippen LogP contribution in [-0.4, -0.2) is 13.0 Å². The molecule has 0 fully saturated rings. The fourth-order valence-electron chi connectivity index (χ4n) is 0.999. The van der Waals surface area contributed by atoms with Crippen molar-refractivity contribution in [3.05, 3.63) is 23.3 Å². The summed E-state index contributed by atoms with van der Waals surface area (Å²) in [6.07, 6.45) is 0. The average Bonchev–Trinajstić information content (AvgIpc) is 2.04. The smallest absolute Gasteiger partial charge is 0.395 e. The highest BCUT2D eigenvalue weighted by Crippen LogP contribution is 2.27. The van der Waals surface area contributed by atoms with Gasteiger partial charge in [0.25, 0.3) is 0 Å². The van der Waals surface area contributed by atoms with E-state index in [0.717, 1.165) is 11.1 Å². The van der Waals surface area contributed by atoms with Gasteiger partial charge in [-0.25, -0.2) is 0 Å². The maximum absolute atomic E-state index is 10.4. The Morgan fingerprint density at radius 3 is 2.43 bits per heavy atom. The summed E-state index contributed by atoms with van der Waals surface area (Å²) in [5.41, 5.74) is 7.45. The molecular formula is C8H11NO4S. The van der Waals surface area contributed by atoms with Crippen molar-refractivity contribution in [2.24, 2.45) is 0 Å². The molecule has 0 heterocycles. The molecule has 0 bridgehead atoms. The van der Waals surface area contributed by atoms with Crippen LogP contribution in [0.15, 0.2) is 12.1 Å². The third-order valence-electron chi connectivity index (χ3n) is 1.94. The molecule has 78 valence electrons. The molecule has 0 aliphatic carbocycles. The number of hydrogen-bond donors (Lipinski definition) is 2. The number of hydrogen-bond acceptors (Lipinski definition) is 4. The fourth-order valence-corrected chi connectivity index (χ4v) is 1.37. The summed E-state index contributed by atoms with van der Waals surface area (Å²) in [5.74, 6) is -0.0596. The van der Waals surface area contributed by atoms with E-state index in [1.54, 1.807) is 13.0 Å². The largest absolute Gasteiger partial charge is 0.446 e. The molecule has 0 saturated heterocycles. The first kappa shape index (κ1) is 10.8. The first-order valence-electron chi connectivity index (χ1n) is 3.84. The van der Waals surface area contributed by atoms with Crippen molar-refractivity contribution in [1.82, 2.24) is 0 Å². The molecule has 1 aromatic rings. The number of nitrogen functional groups attached to an aromatic ring is 1. The summed E-state index contributed by atoms with van der Waals surface area (Å²) < 4.78 is 33.6. The molecule has 1 aromatic carbocycles. The van der Waals surface area contributed by atoms with Crippen LogP contribution in [0, 0.1) is 13.8 Å². The van der Waals surface area contributed by atoms with Crippen LogP contribution < -0.4 is 9.92 Å². The Kier molecular flexibility index (Phi) is 2.68. The zero-order chi connectivity index (χ0) is 10.9. The summed E-state index contributed by atoms with van der Waals surface area (Å²) in [5, 5.41) is 0. The van der Waals surface area contributed by atoms with Crippen molar-refractivity contribution in [2.45, 2.75) is 13.8 Å². The van der Waals surface area contributed by atoms with Crippen LogP contribution in [0.4, 0.5) is 5.69 Å². The monoisotopic (exact) mass is 217 g/mol. The first-order valence-corrected chi connectivity index (χ1v) is 5.20. The third-order valence-corrected chi connectivity index (χ3v) is 2.33. The lowest BCUT2D eigenvalue weighted by Gasteiger charge is -2.09. The Balaban J connectivity index is 3.19. The van der Waals surface area contributed by atoms with Crippen LogP contribution in [0.2, 0.25) is 0 Å². The molecule has 0 spiro atoms. The van der Waals surface area contributed by atoms with Crippen LogP contribution in [-0.2, 0) is 10.4 Å². The van der Waals surface area contributed by atoms with Gasteiger partial charge in [0.15, 0.2) is 5.75 Å². The summed E-state index contributed by atoms with van der Waals surface area (Å²) in [4.78, 5) is 0. The molecule has 0 aromatic heterocycles. The minimum Gasteiger partial charge on any atom is -0.395 e. The quantitative estimate of drug-likeness (QED) is 0.571. The zero-order valence-electron chi connectivity index (χ0n) is 7.81. The van der Waals surface area contributed by atoms with E-state index >= 15 is 0 Å². The number of aryl methyl sites for hydroxylation is 1. The second-order valence-electron chi connectivity index (χ2n) is 2.93. The molecular weight excluding hydrogens is 206 g/mol. The van der Waals surface area contributed by atoms with E-state index in [1.807, 2.05) is 6.92 Å². The molecule has 0 saturated carbocycles. The highest BCUT2D eigenvalue weighted by molar-refractivity contribution is 7.81. The van der Waals surface area contributed by atoms with Gasteiger partial charge in [0, 0.05) is 0 Å². The van der Waals surface area contributed by atoms with Gasteiger partial charge >= 0.3 is 10.4 Å². The molecule has 5 nitrogen and oxygen atoms in total. The van der Waals surface area contributed by atoms with Gasteiger partial charge in [-0.2, -0.15) is 8.42 Å². The number of nitrogens with two attached hydrogens (primary N) is 1. The molecule has 0 atom stereocenters. The van der Waals surface area contributed by atoms with Crippen molar-refractivity contribution in [3.63, 3.8) is 0 Å². The van der Waals surface area contributed by atoms with Gasteiger partial charge in [0.2, 0.25) is 0 Å². The van der Waals surface area contributed by atoms with Crippen molar-refractivity contribution < 1.29 is 17.2 Å². The van der Waals surface area contributed by atoms with Crippen molar-refractivity contribution >= 4 is 16.1 Å². The molecule has 1 rings (SSSR count). The summed E-state index contributed by atoms with van der Waals surface area (Å²) in [6, 6.07) is 3.05. The lowest BCUT2D eigenvalue weighted by Crippen LogP contribution is -2.09. The molecule has 6 heteroatoms. The lowest BCUT2D eigenvalue weighted by atomic mass is 10.1. The van der Waals surface area contributed by atoms with Gasteiger partial charge in [-0.3, -0.25) is 4.55 Å². The third kappa shape index (κ3) is 2.36. The minimum absolute atomic E-state index is 0.0596. The van der Waals surface area contributed by atoms with E-state index in [2.05, 4.69) is 4.18 Å². The van der Waals surface area contributed by atoms with Crippen molar-refractivity contribution in [2.75, 3.05) is 5.73 Å². The summed E-state index contributed by atoms with van der Waals surface area (Å²) >= 11 is 0. The van der Waals surface area contributed by atoms with Gasteiger partial charge < -0.3 is 9.92 Å². The highest BCUT2D eigenvalue weighted by atomic mass is 32.3. The molecule has 0 unspecified atom stereocenters. The van der Waals surface area contributed by atoms with E-state index in [0.29, 0.717) is 0 Å². The van der Waals surface area contributed by atoms with Crippen molar-refractivity contribution in [3.8, 4) is 5.75 Å². The molecule has 0 radical (unpaired) electrons. The standard InChI is InChI=1S/C8H11NO4S/c1-5-3-4-7(8(9)6(5)2)13-14(10,11)12/h3-4H,9H2,1-2H3,(H,10,11,12). The molecule has 0 aliphatic rings. The summed E-state index contributed by atoms with van der Waals surface area (Å²) in [7, 11) is -4.51. The van der Waals surface area contributed by atoms with Gasteiger partial charge in [-0.1, -0.05) is 6.07 Å². The normalized spacial score (nSPS) is 11.4. The predicted octanol–water partition coefficient (Wildman–Crippen LogP) is 1.07. The number of anilines is 1. The second kappa shape index (κ2) is 3.47. The Morgan fingerprint density at radius 1 is 1.36 bits per heavy atom. The van der Waals surface area contributed by atoms with Crippen LogP contribution in [0.1, 0.15) is 11.1 Å². The minimum atomic E-state index is -4.51. The van der Waals surface area contributed by atoms with E-state index in [1.165, 1.54) is 6.07 Å². The van der Waals surface area contributed by atoms with Crippen LogP contribution in [0.3, 0.4) is 0 Å². The zero-order valence-corrected chi connectivity index (χ0v) is 8.63. The Labute approximate surface area is 82.5 Å². The molecule has 0 aliphatic heterocycles. The predicted molar refractivity (Wildman–Crippen MR) is 52.5 cm³/mol. The van der Waals surface area contributed by atoms with Gasteiger partial charge in [0.05, 0.1) is 5.69 Å². The summed E-state index contributed by atoms with van der Waals surface area (Å²) in [6.45, 7) is 3.57. The van der Waals surface area contributed by atoms with E-state index < -0.39 is 10.4 Å². The maximum Gasteiger partial charge on any atom is 0.446 e. The van der Waals surface area contributed by atoms with Crippen LogP contribution in [0.5, 0.6) is 5.75 Å². The van der Waals surface area contributed by atoms with Gasteiger partial charge in [0.1, 0.15) is 0 Å². The average molecular weight is 217 g/mol. The van der Waals surface area contributed by atoms with Crippen molar-refractivity contribution in [1.29, 1.82) is 0 Å². The Bertz CT molecular complexity index is 453. The highest BCUT2D eigenvalue weighted by Gasteiger charge is 2.12. The lowest BCUT2D eigenvalue weighted by molar-refractivity contribution is 0.387. The number of rotatable bonds is 2.